The van der Waals surface area contributed by atoms with Gasteiger partial charge in [-0.05, 0) is 60.7 Å². The molecule has 2 aromatic heterocycles. The number of halogens is 2. The summed E-state index contributed by atoms with van der Waals surface area (Å²) in [6.45, 7) is 3.52. The molecule has 0 aliphatic carbocycles. The maximum absolute atomic E-state index is 8.87. The fraction of sp³-hybridized carbons (Fsp3) is 0.250. The summed E-state index contributed by atoms with van der Waals surface area (Å²) in [6, 6.07) is 3.70. The second kappa shape index (κ2) is 10.6. The molecule has 23 heavy (non-hydrogen) atoms. The Labute approximate surface area is 152 Å². The van der Waals surface area contributed by atoms with Gasteiger partial charge >= 0.3 is 0 Å². The molecule has 5 nitrogen and oxygen atoms in total. The van der Waals surface area contributed by atoms with Crippen LogP contribution in [0.5, 0.6) is 0 Å². The van der Waals surface area contributed by atoms with E-state index in [9.17, 15) is 0 Å². The van der Waals surface area contributed by atoms with Gasteiger partial charge in [0.1, 0.15) is 0 Å². The van der Waals surface area contributed by atoms with Gasteiger partial charge in [0, 0.05) is 39.7 Å². The molecule has 2 rings (SSSR count). The van der Waals surface area contributed by atoms with E-state index >= 15 is 0 Å². The van der Waals surface area contributed by atoms with Gasteiger partial charge in [0.2, 0.25) is 0 Å². The van der Waals surface area contributed by atoms with Crippen molar-refractivity contribution >= 4 is 37.4 Å². The monoisotopic (exact) mass is 444 g/mol. The minimum absolute atomic E-state index is 0.0296. The average molecular weight is 446 g/mol. The van der Waals surface area contributed by atoms with Crippen LogP contribution < -0.4 is 0 Å². The molecule has 7 heteroatoms. The largest absolute Gasteiger partial charge is 0.396 e. The summed E-state index contributed by atoms with van der Waals surface area (Å²) in [5.41, 5.74) is 2.38. The smallest absolute Gasteiger partial charge is 0.0682 e. The molecule has 2 aromatic rings. The molecule has 0 unspecified atom stereocenters. The molecule has 0 atom stereocenters. The van der Waals surface area contributed by atoms with Crippen molar-refractivity contribution in [2.24, 2.45) is 0 Å². The van der Waals surface area contributed by atoms with Gasteiger partial charge in [-0.15, -0.1) is 0 Å². The molecule has 0 spiro atoms. The number of hydrogen-bond acceptors (Lipinski definition) is 5. The number of pyridine rings is 2. The van der Waals surface area contributed by atoms with Crippen molar-refractivity contribution in [3.63, 3.8) is 0 Å². The fourth-order valence-corrected chi connectivity index (χ4v) is 2.36. The van der Waals surface area contributed by atoms with Crippen molar-refractivity contribution in [1.82, 2.24) is 9.97 Å². The third-order valence-electron chi connectivity index (χ3n) is 2.94. The summed E-state index contributed by atoms with van der Waals surface area (Å²) in [6.07, 6.45) is 6.66. The van der Waals surface area contributed by atoms with Gasteiger partial charge in [-0.25, -0.2) is 0 Å². The zero-order chi connectivity index (χ0) is 17.2. The lowest BCUT2D eigenvalue weighted by Crippen LogP contribution is -2.08. The first kappa shape index (κ1) is 19.9. The zero-order valence-electron chi connectivity index (χ0n) is 12.4. The van der Waals surface area contributed by atoms with Crippen LogP contribution in [0.2, 0.25) is 0 Å². The molecule has 124 valence electrons. The van der Waals surface area contributed by atoms with Gasteiger partial charge in [-0.1, -0.05) is 6.58 Å². The Kier molecular flexibility index (Phi) is 9.20. The second-order valence-corrected chi connectivity index (χ2v) is 6.48. The molecule has 0 fully saturated rings. The van der Waals surface area contributed by atoms with Gasteiger partial charge in [-0.3, -0.25) is 9.97 Å². The highest BCUT2D eigenvalue weighted by molar-refractivity contribution is 9.10. The molecule has 3 N–H and O–H groups in total. The Morgan fingerprint density at radius 2 is 1.52 bits per heavy atom. The number of aromatic nitrogens is 2. The van der Waals surface area contributed by atoms with Gasteiger partial charge < -0.3 is 15.3 Å². The molecule has 0 radical (unpaired) electrons. The Bertz CT molecular complexity index is 634. The highest BCUT2D eigenvalue weighted by atomic mass is 79.9. The molecule has 0 aromatic carbocycles. The Balaban J connectivity index is 0.000000231. The quantitative estimate of drug-likeness (QED) is 0.658. The van der Waals surface area contributed by atoms with E-state index in [1.807, 2.05) is 12.1 Å². The fourth-order valence-electron chi connectivity index (χ4n) is 1.62. The van der Waals surface area contributed by atoms with E-state index < -0.39 is 0 Å². The Morgan fingerprint density at radius 3 is 2.00 bits per heavy atom. The number of aliphatic hydroxyl groups is 3. The van der Waals surface area contributed by atoms with E-state index in [1.165, 1.54) is 0 Å². The average Bonchev–Trinajstić information content (AvgIpc) is 2.56. The highest BCUT2D eigenvalue weighted by Crippen LogP contribution is 2.17. The van der Waals surface area contributed by atoms with Crippen LogP contribution in [0.3, 0.4) is 0 Å². The summed E-state index contributed by atoms with van der Waals surface area (Å²) in [5, 5.41) is 26.5. The van der Waals surface area contributed by atoms with Crippen LogP contribution in [-0.4, -0.2) is 45.1 Å². The second-order valence-electron chi connectivity index (χ2n) is 4.65. The Morgan fingerprint density at radius 1 is 0.957 bits per heavy atom. The zero-order valence-corrected chi connectivity index (χ0v) is 15.5. The first-order valence-corrected chi connectivity index (χ1v) is 8.32. The van der Waals surface area contributed by atoms with E-state index in [0.29, 0.717) is 5.57 Å². The summed E-state index contributed by atoms with van der Waals surface area (Å²) >= 11 is 6.54. The third kappa shape index (κ3) is 6.88. The predicted octanol–water partition coefficient (Wildman–Crippen LogP) is 2.76. The van der Waals surface area contributed by atoms with E-state index in [-0.39, 0.29) is 25.7 Å². The standard InChI is InChI=1S/C8H10BrNO2.C8H8BrNO/c9-8-1-6(2-10-3-8)7(4-11)5-12;1-6(5-11)7-2-8(9)4-10-3-7/h1-3,7,11-12H,4-5H2;2-4,11H,1,5H2. The number of hydrogen-bond donors (Lipinski definition) is 3. The van der Waals surface area contributed by atoms with Gasteiger partial charge in [-0.2, -0.15) is 0 Å². The SMILES string of the molecule is C=C(CO)c1cncc(Br)c1.OCC(CO)c1cncc(Br)c1. The third-order valence-corrected chi connectivity index (χ3v) is 3.81. The van der Waals surface area contributed by atoms with Crippen LogP contribution in [0.15, 0.2) is 52.4 Å². The summed E-state index contributed by atoms with van der Waals surface area (Å²) in [7, 11) is 0. The van der Waals surface area contributed by atoms with Crippen molar-refractivity contribution in [1.29, 1.82) is 0 Å². The molecule has 0 aliphatic heterocycles. The van der Waals surface area contributed by atoms with E-state index in [0.717, 1.165) is 20.1 Å². The van der Waals surface area contributed by atoms with E-state index in [2.05, 4.69) is 48.4 Å². The van der Waals surface area contributed by atoms with Crippen molar-refractivity contribution in [3.8, 4) is 0 Å². The van der Waals surface area contributed by atoms with Crippen molar-refractivity contribution in [3.05, 3.63) is 63.6 Å². The summed E-state index contributed by atoms with van der Waals surface area (Å²) in [5.74, 6) is -0.227. The molecule has 0 aliphatic rings. The molecular formula is C16H18Br2N2O3. The van der Waals surface area contributed by atoms with Crippen LogP contribution >= 0.6 is 31.9 Å². The first-order chi connectivity index (χ1) is 11.0. The summed E-state index contributed by atoms with van der Waals surface area (Å²) in [4.78, 5) is 7.87. The minimum atomic E-state index is -0.227. The molecule has 0 saturated carbocycles. The van der Waals surface area contributed by atoms with E-state index in [1.54, 1.807) is 24.8 Å². The molecule has 0 bridgehead atoms. The first-order valence-electron chi connectivity index (χ1n) is 6.73. The maximum Gasteiger partial charge on any atom is 0.0682 e. The van der Waals surface area contributed by atoms with Gasteiger partial charge in [0.05, 0.1) is 19.8 Å². The number of aliphatic hydroxyl groups excluding tert-OH is 3. The molecule has 2 heterocycles. The van der Waals surface area contributed by atoms with Gasteiger partial charge in [0.15, 0.2) is 0 Å². The number of rotatable bonds is 5. The van der Waals surface area contributed by atoms with E-state index in [4.69, 9.17) is 15.3 Å². The predicted molar refractivity (Wildman–Crippen MR) is 96.9 cm³/mol. The summed E-state index contributed by atoms with van der Waals surface area (Å²) < 4.78 is 1.75. The van der Waals surface area contributed by atoms with Crippen molar-refractivity contribution in [2.75, 3.05) is 19.8 Å². The lowest BCUT2D eigenvalue weighted by atomic mass is 10.0. The normalized spacial score (nSPS) is 10.2. The van der Waals surface area contributed by atoms with Crippen LogP contribution in [0.4, 0.5) is 0 Å². The van der Waals surface area contributed by atoms with Crippen LogP contribution in [0.1, 0.15) is 17.0 Å². The lowest BCUT2D eigenvalue weighted by Gasteiger charge is -2.10. The van der Waals surface area contributed by atoms with Crippen LogP contribution in [-0.2, 0) is 0 Å². The molecule has 0 amide bonds. The van der Waals surface area contributed by atoms with Crippen LogP contribution in [0.25, 0.3) is 5.57 Å². The molecular weight excluding hydrogens is 428 g/mol. The topological polar surface area (TPSA) is 86.5 Å². The van der Waals surface area contributed by atoms with Crippen molar-refractivity contribution in [2.45, 2.75) is 5.92 Å². The minimum Gasteiger partial charge on any atom is -0.396 e. The van der Waals surface area contributed by atoms with Crippen LogP contribution in [0, 0.1) is 0 Å². The molecule has 0 saturated heterocycles. The highest BCUT2D eigenvalue weighted by Gasteiger charge is 2.08. The maximum atomic E-state index is 8.87. The lowest BCUT2D eigenvalue weighted by molar-refractivity contribution is 0.192. The Hall–Kier alpha value is -1.12. The number of nitrogens with zero attached hydrogens (tertiary/aromatic N) is 2. The van der Waals surface area contributed by atoms with Gasteiger partial charge in [0.25, 0.3) is 0 Å². The van der Waals surface area contributed by atoms with Crippen molar-refractivity contribution < 1.29 is 15.3 Å².